The predicted molar refractivity (Wildman–Crippen MR) is 101 cm³/mol. The molecule has 0 fully saturated rings. The van der Waals surface area contributed by atoms with Gasteiger partial charge in [-0.2, -0.15) is 5.26 Å². The predicted octanol–water partition coefficient (Wildman–Crippen LogP) is 5.06. The minimum atomic E-state index is -0.479. The van der Waals surface area contributed by atoms with Gasteiger partial charge in [-0.05, 0) is 42.8 Å². The van der Waals surface area contributed by atoms with Gasteiger partial charge < -0.3 is 10.1 Å². The fourth-order valence-electron chi connectivity index (χ4n) is 2.11. The molecule has 4 nitrogen and oxygen atoms in total. The molecule has 5 heteroatoms. The number of rotatable bonds is 7. The minimum absolute atomic E-state index is 0.0218. The minimum Gasteiger partial charge on any atom is -0.493 e. The lowest BCUT2D eigenvalue weighted by molar-refractivity contribution is -0.112. The van der Waals surface area contributed by atoms with Crippen LogP contribution in [0, 0.1) is 11.3 Å². The fraction of sp³-hybridized carbons (Fsp3) is 0.200. The number of ether oxygens (including phenoxy) is 1. The zero-order valence-corrected chi connectivity index (χ0v) is 14.7. The van der Waals surface area contributed by atoms with E-state index in [0.717, 1.165) is 12.8 Å². The number of carbonyl (C=O) groups excluding carboxylic acids is 1. The summed E-state index contributed by atoms with van der Waals surface area (Å²) in [6.07, 6.45) is 3.43. The molecular weight excluding hydrogens is 336 g/mol. The molecule has 1 amide bonds. The molecule has 0 saturated heterocycles. The number of nitrogens with one attached hydrogen (secondary N) is 1. The first-order valence-electron chi connectivity index (χ1n) is 8.04. The van der Waals surface area contributed by atoms with Crippen molar-refractivity contribution < 1.29 is 9.53 Å². The van der Waals surface area contributed by atoms with Crippen LogP contribution in [0.25, 0.3) is 6.08 Å². The largest absolute Gasteiger partial charge is 0.493 e. The van der Waals surface area contributed by atoms with Gasteiger partial charge in [-0.3, -0.25) is 4.79 Å². The van der Waals surface area contributed by atoms with Crippen molar-refractivity contribution in [3.05, 3.63) is 64.7 Å². The maximum Gasteiger partial charge on any atom is 0.266 e. The summed E-state index contributed by atoms with van der Waals surface area (Å²) in [6.45, 7) is 2.64. The van der Waals surface area contributed by atoms with Crippen LogP contribution in [0.3, 0.4) is 0 Å². The van der Waals surface area contributed by atoms with Gasteiger partial charge in [0.1, 0.15) is 17.4 Å². The summed E-state index contributed by atoms with van der Waals surface area (Å²) in [6, 6.07) is 16.0. The van der Waals surface area contributed by atoms with Crippen LogP contribution >= 0.6 is 11.6 Å². The molecule has 0 spiro atoms. The van der Waals surface area contributed by atoms with E-state index in [1.165, 1.54) is 6.08 Å². The first-order valence-corrected chi connectivity index (χ1v) is 8.42. The van der Waals surface area contributed by atoms with Crippen LogP contribution < -0.4 is 10.1 Å². The second-order valence-corrected chi connectivity index (χ2v) is 5.81. The molecule has 0 saturated carbocycles. The van der Waals surface area contributed by atoms with Gasteiger partial charge in [0.05, 0.1) is 6.61 Å². The van der Waals surface area contributed by atoms with Gasteiger partial charge in [0.15, 0.2) is 0 Å². The molecule has 0 aromatic heterocycles. The first-order chi connectivity index (χ1) is 12.1. The summed E-state index contributed by atoms with van der Waals surface area (Å²) in [5.74, 6) is 0.117. The van der Waals surface area contributed by atoms with Crippen LogP contribution in [0.4, 0.5) is 5.69 Å². The molecule has 0 radical (unpaired) electrons. The summed E-state index contributed by atoms with van der Waals surface area (Å²) < 4.78 is 5.73. The Labute approximate surface area is 152 Å². The topological polar surface area (TPSA) is 62.1 Å². The highest BCUT2D eigenvalue weighted by Gasteiger charge is 2.12. The quantitative estimate of drug-likeness (QED) is 0.429. The van der Waals surface area contributed by atoms with Crippen LogP contribution in [0.15, 0.2) is 54.1 Å². The monoisotopic (exact) mass is 354 g/mol. The molecule has 2 aromatic rings. The highest BCUT2D eigenvalue weighted by atomic mass is 35.5. The normalized spacial score (nSPS) is 10.8. The standard InChI is InChI=1S/C20H19ClN2O2/c1-2-3-11-25-19-10-9-17(21)13-15(19)12-16(14-22)20(24)23-18-7-5-4-6-8-18/h4-10,12-13H,2-3,11H2,1H3,(H,23,24). The average molecular weight is 355 g/mol. The first kappa shape index (κ1) is 18.6. The summed E-state index contributed by atoms with van der Waals surface area (Å²) >= 11 is 6.05. The molecular formula is C20H19ClN2O2. The van der Waals surface area contributed by atoms with Gasteiger partial charge in [0, 0.05) is 16.3 Å². The molecule has 0 aliphatic heterocycles. The Morgan fingerprint density at radius 3 is 2.72 bits per heavy atom. The van der Waals surface area contributed by atoms with E-state index in [1.807, 2.05) is 24.3 Å². The number of hydrogen-bond donors (Lipinski definition) is 1. The molecule has 0 unspecified atom stereocenters. The number of halogens is 1. The molecule has 0 aliphatic carbocycles. The number of anilines is 1. The van der Waals surface area contributed by atoms with Crippen LogP contribution in [-0.4, -0.2) is 12.5 Å². The van der Waals surface area contributed by atoms with E-state index < -0.39 is 5.91 Å². The van der Waals surface area contributed by atoms with E-state index in [1.54, 1.807) is 30.3 Å². The van der Waals surface area contributed by atoms with Crippen molar-refractivity contribution in [1.29, 1.82) is 5.26 Å². The van der Waals surface area contributed by atoms with Crippen LogP contribution in [0.1, 0.15) is 25.3 Å². The number of carbonyl (C=O) groups is 1. The molecule has 0 aliphatic rings. The van der Waals surface area contributed by atoms with Gasteiger partial charge in [0.25, 0.3) is 5.91 Å². The van der Waals surface area contributed by atoms with Gasteiger partial charge in [-0.25, -0.2) is 0 Å². The van der Waals surface area contributed by atoms with Crippen molar-refractivity contribution in [2.24, 2.45) is 0 Å². The number of amides is 1. The highest BCUT2D eigenvalue weighted by Crippen LogP contribution is 2.26. The Balaban J connectivity index is 2.24. The maximum absolute atomic E-state index is 12.3. The Hall–Kier alpha value is -2.77. The van der Waals surface area contributed by atoms with E-state index in [0.29, 0.717) is 28.6 Å². The Kier molecular flexibility index (Phi) is 7.06. The lowest BCUT2D eigenvalue weighted by atomic mass is 10.1. The molecule has 2 rings (SSSR count). The van der Waals surface area contributed by atoms with E-state index in [4.69, 9.17) is 16.3 Å². The van der Waals surface area contributed by atoms with Crippen molar-refractivity contribution in [3.63, 3.8) is 0 Å². The van der Waals surface area contributed by atoms with E-state index in [9.17, 15) is 10.1 Å². The van der Waals surface area contributed by atoms with Gasteiger partial charge in [0.2, 0.25) is 0 Å². The third-order valence-corrected chi connectivity index (χ3v) is 3.66. The number of unbranched alkanes of at least 4 members (excludes halogenated alkanes) is 1. The van der Waals surface area contributed by atoms with E-state index >= 15 is 0 Å². The molecule has 2 aromatic carbocycles. The third kappa shape index (κ3) is 5.66. The lowest BCUT2D eigenvalue weighted by Gasteiger charge is -2.10. The van der Waals surface area contributed by atoms with Crippen molar-refractivity contribution in [2.45, 2.75) is 19.8 Å². The molecule has 0 heterocycles. The second kappa shape index (κ2) is 9.51. The van der Waals surface area contributed by atoms with E-state index in [-0.39, 0.29) is 5.57 Å². The fourth-order valence-corrected chi connectivity index (χ4v) is 2.29. The summed E-state index contributed by atoms with van der Waals surface area (Å²) in [5.41, 5.74) is 1.20. The second-order valence-electron chi connectivity index (χ2n) is 5.37. The van der Waals surface area contributed by atoms with Crippen molar-refractivity contribution in [1.82, 2.24) is 0 Å². The molecule has 1 N–H and O–H groups in total. The van der Waals surface area contributed by atoms with Crippen LogP contribution in [0.5, 0.6) is 5.75 Å². The SMILES string of the molecule is CCCCOc1ccc(Cl)cc1C=C(C#N)C(=O)Nc1ccccc1. The molecule has 128 valence electrons. The lowest BCUT2D eigenvalue weighted by Crippen LogP contribution is -2.13. The number of para-hydroxylation sites is 1. The maximum atomic E-state index is 12.3. The summed E-state index contributed by atoms with van der Waals surface area (Å²) in [5, 5.41) is 12.6. The van der Waals surface area contributed by atoms with Crippen molar-refractivity contribution in [3.8, 4) is 11.8 Å². The number of nitrogens with zero attached hydrogens (tertiary/aromatic N) is 1. The van der Waals surface area contributed by atoms with Gasteiger partial charge >= 0.3 is 0 Å². The number of hydrogen-bond acceptors (Lipinski definition) is 3. The zero-order valence-electron chi connectivity index (χ0n) is 14.0. The third-order valence-electron chi connectivity index (χ3n) is 3.42. The van der Waals surface area contributed by atoms with Gasteiger partial charge in [-0.1, -0.05) is 43.1 Å². The average Bonchev–Trinajstić information content (AvgIpc) is 2.62. The van der Waals surface area contributed by atoms with Crippen molar-refractivity contribution in [2.75, 3.05) is 11.9 Å². The molecule has 0 bridgehead atoms. The van der Waals surface area contributed by atoms with Gasteiger partial charge in [-0.15, -0.1) is 0 Å². The number of benzene rings is 2. The van der Waals surface area contributed by atoms with E-state index in [2.05, 4.69) is 12.2 Å². The Morgan fingerprint density at radius 1 is 1.28 bits per heavy atom. The highest BCUT2D eigenvalue weighted by molar-refractivity contribution is 6.30. The summed E-state index contributed by atoms with van der Waals surface area (Å²) in [7, 11) is 0. The van der Waals surface area contributed by atoms with Crippen molar-refractivity contribution >= 4 is 29.3 Å². The Morgan fingerprint density at radius 2 is 2.04 bits per heavy atom. The van der Waals surface area contributed by atoms with Crippen LogP contribution in [0.2, 0.25) is 5.02 Å². The zero-order chi connectivity index (χ0) is 18.1. The summed E-state index contributed by atoms with van der Waals surface area (Å²) in [4.78, 5) is 12.3. The Bertz CT molecular complexity index is 795. The van der Waals surface area contributed by atoms with Crippen LogP contribution in [-0.2, 0) is 4.79 Å². The smallest absolute Gasteiger partial charge is 0.266 e. The number of nitriles is 1. The molecule has 0 atom stereocenters. The molecule has 25 heavy (non-hydrogen) atoms.